The van der Waals surface area contributed by atoms with E-state index in [2.05, 4.69) is 47.6 Å². The van der Waals surface area contributed by atoms with Crippen LogP contribution >= 0.6 is 23.1 Å². The van der Waals surface area contributed by atoms with Gasteiger partial charge in [-0.25, -0.2) is 8.42 Å². The molecular weight excluding hydrogens is 573 g/mol. The van der Waals surface area contributed by atoms with Crippen molar-refractivity contribution in [3.63, 3.8) is 0 Å². The van der Waals surface area contributed by atoms with Crippen LogP contribution in [0.25, 0.3) is 16.3 Å². The van der Waals surface area contributed by atoms with Gasteiger partial charge in [0.1, 0.15) is 17.0 Å². The monoisotopic (exact) mass is 596 g/mol. The molecule has 1 aliphatic heterocycles. The molecule has 7 nitrogen and oxygen atoms in total. The van der Waals surface area contributed by atoms with Crippen molar-refractivity contribution in [2.24, 2.45) is 0 Å². The Morgan fingerprint density at radius 1 is 1.08 bits per heavy atom. The zero-order valence-electron chi connectivity index (χ0n) is 21.0. The van der Waals surface area contributed by atoms with Gasteiger partial charge in [-0.2, -0.15) is 17.7 Å². The molecule has 3 aromatic rings. The lowest BCUT2D eigenvalue weighted by molar-refractivity contribution is -0.665. The number of aryl methyl sites for hydroxylation is 1. The number of alkyl halides is 3. The van der Waals surface area contributed by atoms with E-state index in [1.165, 1.54) is 20.8 Å². The number of para-hydroxylation sites is 2. The van der Waals surface area contributed by atoms with Crippen molar-refractivity contribution in [1.82, 2.24) is 0 Å². The Labute approximate surface area is 231 Å². The molecule has 0 unspecified atom stereocenters. The van der Waals surface area contributed by atoms with Crippen LogP contribution in [-0.4, -0.2) is 37.9 Å². The SMILES string of the molecule is CCN1/C(=C/C2=C(OC)C(=C/c3sc4ccccc4[n+]3CC)/C2=O)Sc2ccccc21.O=S(=O)([O-])C(F)(F)F. The number of thioether (sulfide) groups is 1. The summed E-state index contributed by atoms with van der Waals surface area (Å²) in [5, 5.41) is 2.12. The fourth-order valence-electron chi connectivity index (χ4n) is 4.14. The number of carbonyl (C=O) groups excluding carboxylic acids is 1. The Bertz CT molecular complexity index is 1640. The van der Waals surface area contributed by atoms with Crippen LogP contribution < -0.4 is 9.47 Å². The highest BCUT2D eigenvalue weighted by atomic mass is 32.2. The highest BCUT2D eigenvalue weighted by molar-refractivity contribution is 8.03. The molecule has 13 heteroatoms. The molecule has 39 heavy (non-hydrogen) atoms. The van der Waals surface area contributed by atoms with E-state index in [0.717, 1.165) is 23.1 Å². The van der Waals surface area contributed by atoms with E-state index in [1.54, 1.807) is 30.2 Å². The number of methoxy groups -OCH3 is 1. The third-order valence-corrected chi connectivity index (χ3v) is 8.70. The number of hydrogen-bond acceptors (Lipinski definition) is 8. The number of benzene rings is 2. The van der Waals surface area contributed by atoms with Crippen molar-refractivity contribution in [3.05, 3.63) is 81.5 Å². The largest absolute Gasteiger partial charge is 0.741 e. The van der Waals surface area contributed by atoms with Crippen molar-refractivity contribution in [2.75, 3.05) is 18.6 Å². The number of ether oxygens (including phenoxy) is 1. The van der Waals surface area contributed by atoms with E-state index >= 15 is 0 Å². The van der Waals surface area contributed by atoms with Crippen LogP contribution in [0.4, 0.5) is 18.9 Å². The van der Waals surface area contributed by atoms with Crippen molar-refractivity contribution in [3.8, 4) is 0 Å². The number of aromatic nitrogens is 1. The van der Waals surface area contributed by atoms with Crippen molar-refractivity contribution < 1.29 is 40.2 Å². The summed E-state index contributed by atoms with van der Waals surface area (Å²) in [6, 6.07) is 16.7. The Morgan fingerprint density at radius 3 is 2.33 bits per heavy atom. The number of ketones is 1. The maximum Gasteiger partial charge on any atom is 0.485 e. The molecule has 2 aliphatic rings. The summed E-state index contributed by atoms with van der Waals surface area (Å²) < 4.78 is 68.0. The Kier molecular flexibility index (Phi) is 8.26. The minimum Gasteiger partial charge on any atom is -0.741 e. The number of hydrogen-bond donors (Lipinski definition) is 0. The number of allylic oxidation sites excluding steroid dienone is 3. The lowest BCUT2D eigenvalue weighted by Gasteiger charge is -2.24. The molecule has 5 rings (SSSR count). The van der Waals surface area contributed by atoms with E-state index in [0.29, 0.717) is 16.9 Å². The minimum absolute atomic E-state index is 0.0390. The van der Waals surface area contributed by atoms with E-state index in [1.807, 2.05) is 36.4 Å². The molecule has 2 aromatic carbocycles. The number of Topliss-reactive ketones (excluding diaryl/α,β-unsaturated/α-hetero) is 1. The van der Waals surface area contributed by atoms with Crippen molar-refractivity contribution in [1.29, 1.82) is 0 Å². The fourth-order valence-corrected chi connectivity index (χ4v) is 6.47. The van der Waals surface area contributed by atoms with Gasteiger partial charge < -0.3 is 14.2 Å². The first-order valence-electron chi connectivity index (χ1n) is 11.7. The molecule has 0 atom stereocenters. The van der Waals surface area contributed by atoms with Crippen LogP contribution in [0, 0.1) is 0 Å². The van der Waals surface area contributed by atoms with Crippen LogP contribution in [0.1, 0.15) is 18.9 Å². The summed E-state index contributed by atoms with van der Waals surface area (Å²) in [7, 11) is -4.45. The van der Waals surface area contributed by atoms with Gasteiger partial charge in [0.05, 0.1) is 29.0 Å². The van der Waals surface area contributed by atoms with E-state index in [4.69, 9.17) is 17.7 Å². The molecule has 0 bridgehead atoms. The molecule has 1 aliphatic carbocycles. The number of carbonyl (C=O) groups is 1. The maximum absolute atomic E-state index is 13.1. The number of fused-ring (bicyclic) bond motifs is 2. The lowest BCUT2D eigenvalue weighted by Crippen LogP contribution is -2.34. The van der Waals surface area contributed by atoms with Crippen LogP contribution in [0.2, 0.25) is 0 Å². The first-order valence-corrected chi connectivity index (χ1v) is 14.7. The molecule has 0 saturated carbocycles. The summed E-state index contributed by atoms with van der Waals surface area (Å²) in [6.07, 6.45) is 3.96. The summed E-state index contributed by atoms with van der Waals surface area (Å²) in [5.74, 6) is 0.710. The predicted octanol–water partition coefficient (Wildman–Crippen LogP) is 5.60. The predicted molar refractivity (Wildman–Crippen MR) is 144 cm³/mol. The minimum atomic E-state index is -6.09. The third kappa shape index (κ3) is 5.62. The highest BCUT2D eigenvalue weighted by Gasteiger charge is 2.37. The highest BCUT2D eigenvalue weighted by Crippen LogP contribution is 2.47. The van der Waals surface area contributed by atoms with Gasteiger partial charge in [-0.1, -0.05) is 47.4 Å². The second kappa shape index (κ2) is 11.2. The lowest BCUT2D eigenvalue weighted by atomic mass is 9.87. The molecule has 0 N–H and O–H groups in total. The first kappa shape index (κ1) is 28.9. The van der Waals surface area contributed by atoms with Gasteiger partial charge in [-0.3, -0.25) is 4.79 Å². The maximum atomic E-state index is 13.1. The van der Waals surface area contributed by atoms with E-state index in [9.17, 15) is 18.0 Å². The number of anilines is 1. The van der Waals surface area contributed by atoms with Crippen LogP contribution in [0.15, 0.2) is 81.4 Å². The third-order valence-electron chi connectivity index (χ3n) is 5.91. The van der Waals surface area contributed by atoms with Gasteiger partial charge in [0, 0.05) is 23.6 Å². The summed E-state index contributed by atoms with van der Waals surface area (Å²) in [5.41, 5.74) is -1.97. The Morgan fingerprint density at radius 2 is 1.72 bits per heavy atom. The van der Waals surface area contributed by atoms with Gasteiger partial charge in [0.25, 0.3) is 5.01 Å². The van der Waals surface area contributed by atoms with Gasteiger partial charge in [-0.05, 0) is 38.1 Å². The van der Waals surface area contributed by atoms with Gasteiger partial charge in [-0.15, -0.1) is 0 Å². The van der Waals surface area contributed by atoms with Crippen molar-refractivity contribution in [2.45, 2.75) is 30.8 Å². The normalized spacial score (nSPS) is 17.4. The standard InChI is InChI=1S/C25H23N2O2S2.CHF3O3S/c1-4-26-18-10-6-8-12-20(18)30-22(26)14-16-24(28)17(25(16)29-3)15-23-27(5-2)19-11-7-9-13-21(19)31-23;2-1(3,4)8(5,6)7/h6-15H,4-5H2,1-3H3;(H,5,6,7)/q+1;/p-1. The van der Waals surface area contributed by atoms with Crippen LogP contribution in [-0.2, 0) is 26.2 Å². The Balaban J connectivity index is 0.000000386. The number of thiazole rings is 1. The molecule has 206 valence electrons. The average Bonchev–Trinajstić information content (AvgIpc) is 3.43. The molecule has 0 fully saturated rings. The quantitative estimate of drug-likeness (QED) is 0.164. The summed E-state index contributed by atoms with van der Waals surface area (Å²) in [6.45, 7) is 5.95. The zero-order chi connectivity index (χ0) is 28.5. The molecular formula is C26H23F3N2O5S3. The Hall–Kier alpha value is -3.13. The first-order chi connectivity index (χ1) is 18.4. The average molecular weight is 597 g/mol. The second-order valence-corrected chi connectivity index (χ2v) is 11.7. The van der Waals surface area contributed by atoms with Crippen LogP contribution in [0.5, 0.6) is 0 Å². The molecule has 0 spiro atoms. The van der Waals surface area contributed by atoms with Gasteiger partial charge in [0.15, 0.2) is 10.1 Å². The van der Waals surface area contributed by atoms with E-state index in [-0.39, 0.29) is 5.78 Å². The number of nitrogens with zero attached hydrogens (tertiary/aromatic N) is 2. The number of halogens is 3. The topological polar surface area (TPSA) is 90.6 Å². The van der Waals surface area contributed by atoms with E-state index < -0.39 is 15.6 Å². The van der Waals surface area contributed by atoms with Crippen molar-refractivity contribution >= 4 is 61.0 Å². The number of rotatable bonds is 5. The van der Waals surface area contributed by atoms with Gasteiger partial charge in [0.2, 0.25) is 11.3 Å². The second-order valence-electron chi connectivity index (χ2n) is 8.18. The molecule has 1 aromatic heterocycles. The molecule has 0 saturated heterocycles. The molecule has 0 amide bonds. The molecule has 2 heterocycles. The summed E-state index contributed by atoms with van der Waals surface area (Å²) in [4.78, 5) is 16.6. The zero-order valence-corrected chi connectivity index (χ0v) is 23.4. The fraction of sp³-hybridized carbons (Fsp3) is 0.231. The molecule has 0 radical (unpaired) electrons. The van der Waals surface area contributed by atoms with Gasteiger partial charge >= 0.3 is 5.51 Å². The smallest absolute Gasteiger partial charge is 0.485 e. The summed E-state index contributed by atoms with van der Waals surface area (Å²) >= 11 is 3.40. The van der Waals surface area contributed by atoms with Crippen LogP contribution in [0.3, 0.4) is 0 Å².